The average Bonchev–Trinajstić information content (AvgIpc) is 3.12. The van der Waals surface area contributed by atoms with Gasteiger partial charge in [0.05, 0.1) is 45.4 Å². The number of carbonyl (C=O) groups is 2. The SMILES string of the molecule is COc1cccc(N2CC[NH+]([C@@H]3CC(=O)N(c4cccc5ccccc45)C3=O)CC2)c1. The highest BCUT2D eigenvalue weighted by Gasteiger charge is 2.46. The number of anilines is 2. The van der Waals surface area contributed by atoms with Crippen molar-refractivity contribution in [3.05, 3.63) is 66.7 Å². The summed E-state index contributed by atoms with van der Waals surface area (Å²) in [5, 5.41) is 1.97. The standard InChI is InChI=1S/C25H25N3O3/c1-31-20-9-5-8-19(16-20)26-12-14-27(15-13-26)23-17-24(29)28(25(23)30)22-11-4-7-18-6-2-3-10-21(18)22/h2-11,16,23H,12-15,17H2,1H3/p+1/t23-/m1/s1. The fraction of sp³-hybridized carbons (Fsp3) is 0.280. The van der Waals surface area contributed by atoms with Gasteiger partial charge < -0.3 is 14.5 Å². The van der Waals surface area contributed by atoms with Gasteiger partial charge in [0.1, 0.15) is 5.75 Å². The minimum absolute atomic E-state index is 0.0776. The second kappa shape index (κ2) is 8.04. The molecule has 2 aliphatic rings. The molecule has 2 amide bonds. The van der Waals surface area contributed by atoms with Crippen LogP contribution in [0.4, 0.5) is 11.4 Å². The van der Waals surface area contributed by atoms with Crippen molar-refractivity contribution in [3.63, 3.8) is 0 Å². The Hall–Kier alpha value is -3.38. The topological polar surface area (TPSA) is 54.3 Å². The molecule has 31 heavy (non-hydrogen) atoms. The van der Waals surface area contributed by atoms with Crippen LogP contribution >= 0.6 is 0 Å². The normalized spacial score (nSPS) is 20.0. The second-order valence-electron chi connectivity index (χ2n) is 8.17. The third kappa shape index (κ3) is 3.53. The zero-order chi connectivity index (χ0) is 21.4. The number of nitrogens with one attached hydrogen (secondary N) is 1. The van der Waals surface area contributed by atoms with Crippen molar-refractivity contribution >= 4 is 34.0 Å². The molecule has 2 saturated heterocycles. The Labute approximate surface area is 181 Å². The van der Waals surface area contributed by atoms with Crippen molar-refractivity contribution < 1.29 is 19.2 Å². The highest BCUT2D eigenvalue weighted by molar-refractivity contribution is 6.24. The first kappa shape index (κ1) is 19.6. The summed E-state index contributed by atoms with van der Waals surface area (Å²) in [5.74, 6) is 0.662. The molecule has 3 aromatic carbocycles. The molecule has 6 nitrogen and oxygen atoms in total. The number of piperazine rings is 1. The molecular formula is C25H26N3O3+. The summed E-state index contributed by atoms with van der Waals surface area (Å²) in [6.07, 6.45) is 0.274. The Kier molecular flexibility index (Phi) is 5.08. The van der Waals surface area contributed by atoms with Crippen LogP contribution in [-0.2, 0) is 9.59 Å². The monoisotopic (exact) mass is 416 g/mol. The molecule has 0 aliphatic carbocycles. The number of ether oxygens (including phenoxy) is 1. The molecule has 2 aliphatic heterocycles. The molecule has 5 rings (SSSR count). The average molecular weight is 417 g/mol. The molecule has 1 N–H and O–H groups in total. The molecular weight excluding hydrogens is 390 g/mol. The summed E-state index contributed by atoms with van der Waals surface area (Å²) in [7, 11) is 1.67. The first-order valence-corrected chi connectivity index (χ1v) is 10.7. The fourth-order valence-corrected chi connectivity index (χ4v) is 4.82. The number of rotatable bonds is 4. The zero-order valence-electron chi connectivity index (χ0n) is 17.6. The molecule has 6 heteroatoms. The molecule has 0 aromatic heterocycles. The van der Waals surface area contributed by atoms with Crippen LogP contribution in [0, 0.1) is 0 Å². The number of fused-ring (bicyclic) bond motifs is 1. The van der Waals surface area contributed by atoms with Crippen LogP contribution in [0.2, 0.25) is 0 Å². The Morgan fingerprint density at radius 3 is 2.48 bits per heavy atom. The summed E-state index contributed by atoms with van der Waals surface area (Å²) >= 11 is 0. The van der Waals surface area contributed by atoms with E-state index in [2.05, 4.69) is 11.0 Å². The third-order valence-electron chi connectivity index (χ3n) is 6.47. The first-order valence-electron chi connectivity index (χ1n) is 10.7. The van der Waals surface area contributed by atoms with Crippen molar-refractivity contribution in [1.29, 1.82) is 0 Å². The summed E-state index contributed by atoms with van der Waals surface area (Å²) in [6, 6.07) is 21.4. The summed E-state index contributed by atoms with van der Waals surface area (Å²) in [6.45, 7) is 3.33. The van der Waals surface area contributed by atoms with Gasteiger partial charge in [0, 0.05) is 17.1 Å². The smallest absolute Gasteiger partial charge is 0.292 e. The van der Waals surface area contributed by atoms with Crippen LogP contribution in [0.5, 0.6) is 5.75 Å². The number of hydrogen-bond donors (Lipinski definition) is 1. The maximum absolute atomic E-state index is 13.3. The largest absolute Gasteiger partial charge is 0.497 e. The van der Waals surface area contributed by atoms with Crippen molar-refractivity contribution in [2.24, 2.45) is 0 Å². The molecule has 158 valence electrons. The number of benzene rings is 3. The number of carbonyl (C=O) groups excluding carboxylic acids is 2. The van der Waals surface area contributed by atoms with E-state index in [9.17, 15) is 9.59 Å². The highest BCUT2D eigenvalue weighted by atomic mass is 16.5. The number of amides is 2. The number of methoxy groups -OCH3 is 1. The van der Waals surface area contributed by atoms with E-state index < -0.39 is 0 Å². The van der Waals surface area contributed by atoms with Gasteiger partial charge in [-0.2, -0.15) is 0 Å². The van der Waals surface area contributed by atoms with Gasteiger partial charge in [0.15, 0.2) is 6.04 Å². The van der Waals surface area contributed by atoms with E-state index in [-0.39, 0.29) is 24.3 Å². The lowest BCUT2D eigenvalue weighted by molar-refractivity contribution is -0.915. The lowest BCUT2D eigenvalue weighted by atomic mass is 10.1. The van der Waals surface area contributed by atoms with Gasteiger partial charge in [-0.1, -0.05) is 42.5 Å². The van der Waals surface area contributed by atoms with E-state index >= 15 is 0 Å². The van der Waals surface area contributed by atoms with Crippen LogP contribution in [-0.4, -0.2) is 51.1 Å². The fourth-order valence-electron chi connectivity index (χ4n) is 4.82. The van der Waals surface area contributed by atoms with E-state index in [4.69, 9.17) is 4.74 Å². The van der Waals surface area contributed by atoms with Crippen LogP contribution in [0.1, 0.15) is 6.42 Å². The Morgan fingerprint density at radius 1 is 0.935 bits per heavy atom. The Balaban J connectivity index is 1.32. The Morgan fingerprint density at radius 2 is 1.68 bits per heavy atom. The van der Waals surface area contributed by atoms with E-state index in [0.29, 0.717) is 5.69 Å². The first-order chi connectivity index (χ1) is 15.2. The number of quaternary nitrogens is 1. The van der Waals surface area contributed by atoms with Gasteiger partial charge in [-0.05, 0) is 23.6 Å². The molecule has 0 spiro atoms. The van der Waals surface area contributed by atoms with Gasteiger partial charge >= 0.3 is 0 Å². The predicted octanol–water partition coefficient (Wildman–Crippen LogP) is 1.89. The maximum atomic E-state index is 13.3. The van der Waals surface area contributed by atoms with Crippen LogP contribution in [0.25, 0.3) is 10.8 Å². The number of hydrogen-bond acceptors (Lipinski definition) is 4. The zero-order valence-corrected chi connectivity index (χ0v) is 17.6. The molecule has 2 heterocycles. The van der Waals surface area contributed by atoms with E-state index in [1.54, 1.807) is 7.11 Å². The molecule has 0 unspecified atom stereocenters. The molecule has 0 radical (unpaired) electrons. The molecule has 0 saturated carbocycles. The summed E-state index contributed by atoms with van der Waals surface area (Å²) in [5.41, 5.74) is 1.83. The third-order valence-corrected chi connectivity index (χ3v) is 6.47. The predicted molar refractivity (Wildman–Crippen MR) is 121 cm³/mol. The van der Waals surface area contributed by atoms with Crippen LogP contribution in [0.15, 0.2) is 66.7 Å². The van der Waals surface area contributed by atoms with Crippen molar-refractivity contribution in [1.82, 2.24) is 0 Å². The van der Waals surface area contributed by atoms with E-state index in [1.807, 2.05) is 60.7 Å². The van der Waals surface area contributed by atoms with Crippen molar-refractivity contribution in [2.75, 3.05) is 43.1 Å². The Bertz CT molecular complexity index is 1130. The quantitative estimate of drug-likeness (QED) is 0.660. The lowest BCUT2D eigenvalue weighted by Gasteiger charge is -2.35. The highest BCUT2D eigenvalue weighted by Crippen LogP contribution is 2.30. The second-order valence-corrected chi connectivity index (χ2v) is 8.17. The van der Waals surface area contributed by atoms with Gasteiger partial charge in [-0.15, -0.1) is 0 Å². The summed E-state index contributed by atoms with van der Waals surface area (Å²) < 4.78 is 5.34. The van der Waals surface area contributed by atoms with Crippen molar-refractivity contribution in [2.45, 2.75) is 12.5 Å². The van der Waals surface area contributed by atoms with Gasteiger partial charge in [-0.25, -0.2) is 4.90 Å². The van der Waals surface area contributed by atoms with E-state index in [1.165, 1.54) is 9.80 Å². The molecule has 0 bridgehead atoms. The van der Waals surface area contributed by atoms with Gasteiger partial charge in [0.25, 0.3) is 5.91 Å². The molecule has 2 fully saturated rings. The lowest BCUT2D eigenvalue weighted by Crippen LogP contribution is -3.19. The molecule has 3 aromatic rings. The van der Waals surface area contributed by atoms with Gasteiger partial charge in [-0.3, -0.25) is 9.59 Å². The van der Waals surface area contributed by atoms with Crippen molar-refractivity contribution in [3.8, 4) is 5.75 Å². The number of nitrogens with zero attached hydrogens (tertiary/aromatic N) is 2. The molecule has 1 atom stereocenters. The van der Waals surface area contributed by atoms with Crippen LogP contribution in [0.3, 0.4) is 0 Å². The van der Waals surface area contributed by atoms with Gasteiger partial charge in [0.2, 0.25) is 5.91 Å². The van der Waals surface area contributed by atoms with E-state index in [0.717, 1.165) is 48.4 Å². The summed E-state index contributed by atoms with van der Waals surface area (Å²) in [4.78, 5) is 31.2. The minimum Gasteiger partial charge on any atom is -0.497 e. The number of imide groups is 1. The maximum Gasteiger partial charge on any atom is 0.292 e. The minimum atomic E-state index is -0.307. The van der Waals surface area contributed by atoms with Crippen LogP contribution < -0.4 is 19.4 Å².